The van der Waals surface area contributed by atoms with Gasteiger partial charge >= 0.3 is 12.1 Å². The van der Waals surface area contributed by atoms with E-state index in [2.05, 4.69) is 24.3 Å². The van der Waals surface area contributed by atoms with Crippen molar-refractivity contribution >= 4 is 22.8 Å². The van der Waals surface area contributed by atoms with Gasteiger partial charge in [-0.15, -0.1) is 0 Å². The van der Waals surface area contributed by atoms with Gasteiger partial charge in [-0.3, -0.25) is 9.80 Å². The van der Waals surface area contributed by atoms with Crippen molar-refractivity contribution in [2.75, 3.05) is 19.6 Å². The van der Waals surface area contributed by atoms with Gasteiger partial charge in [0.15, 0.2) is 5.54 Å². The maximum absolute atomic E-state index is 12.4. The van der Waals surface area contributed by atoms with Crippen LogP contribution in [0, 0.1) is 0 Å². The number of carboxylic acids is 1. The molecule has 1 aliphatic rings. The van der Waals surface area contributed by atoms with Crippen LogP contribution in [0.3, 0.4) is 0 Å². The van der Waals surface area contributed by atoms with Crippen molar-refractivity contribution < 1.29 is 19.8 Å². The molecular weight excluding hydrogens is 380 g/mol. The lowest BCUT2D eigenvalue weighted by atomic mass is 9.86. The van der Waals surface area contributed by atoms with E-state index >= 15 is 0 Å². The third-order valence-electron chi connectivity index (χ3n) is 5.83. The highest BCUT2D eigenvalue weighted by atomic mass is 16.4. The highest BCUT2D eigenvalue weighted by molar-refractivity contribution is 5.85. The molecule has 6 nitrogen and oxygen atoms in total. The fraction of sp³-hybridized carbons (Fsp3) is 0.250. The summed E-state index contributed by atoms with van der Waals surface area (Å²) in [5.74, 6) is -1.11. The molecule has 1 aliphatic heterocycles. The van der Waals surface area contributed by atoms with Crippen molar-refractivity contribution in [3.8, 4) is 0 Å². The van der Waals surface area contributed by atoms with E-state index in [1.165, 1.54) is 0 Å². The molecule has 0 saturated carbocycles. The number of piperazine rings is 1. The van der Waals surface area contributed by atoms with Crippen molar-refractivity contribution in [1.82, 2.24) is 9.80 Å². The van der Waals surface area contributed by atoms with E-state index < -0.39 is 17.6 Å². The number of nitrogens with zero attached hydrogens (tertiary/aromatic N) is 2. The van der Waals surface area contributed by atoms with Crippen molar-refractivity contribution in [2.45, 2.75) is 18.5 Å². The number of fused-ring (bicyclic) bond motifs is 1. The standard InChI is InChI=1S/C24H24N2O4/c27-22(28)24(15-18-6-2-1-3-7-18)17-25(12-13-26(24)23(29)30)16-19-10-11-20-8-4-5-9-21(20)14-19/h1-11,14H,12-13,15-17H2,(H,27,28)(H,29,30). The Morgan fingerprint density at radius 1 is 0.833 bits per heavy atom. The summed E-state index contributed by atoms with van der Waals surface area (Å²) in [6, 6.07) is 23.5. The van der Waals surface area contributed by atoms with E-state index in [9.17, 15) is 19.8 Å². The van der Waals surface area contributed by atoms with Crippen LogP contribution in [0.25, 0.3) is 10.8 Å². The fourth-order valence-corrected chi connectivity index (χ4v) is 4.34. The fourth-order valence-electron chi connectivity index (χ4n) is 4.34. The Kier molecular flexibility index (Phi) is 5.42. The Hall–Kier alpha value is -3.38. The zero-order valence-electron chi connectivity index (χ0n) is 16.6. The van der Waals surface area contributed by atoms with Crippen LogP contribution in [0.5, 0.6) is 0 Å². The molecule has 1 amide bonds. The maximum atomic E-state index is 12.4. The maximum Gasteiger partial charge on any atom is 0.408 e. The topological polar surface area (TPSA) is 81.1 Å². The van der Waals surface area contributed by atoms with E-state index in [1.54, 1.807) is 0 Å². The number of rotatable bonds is 5. The molecule has 4 rings (SSSR count). The third kappa shape index (κ3) is 3.86. The van der Waals surface area contributed by atoms with Gasteiger partial charge in [-0.2, -0.15) is 0 Å². The zero-order chi connectivity index (χ0) is 21.1. The second-order valence-corrected chi connectivity index (χ2v) is 7.83. The lowest BCUT2D eigenvalue weighted by Gasteiger charge is -2.47. The second-order valence-electron chi connectivity index (χ2n) is 7.83. The van der Waals surface area contributed by atoms with Crippen LogP contribution < -0.4 is 0 Å². The summed E-state index contributed by atoms with van der Waals surface area (Å²) in [6.07, 6.45) is -1.07. The molecule has 3 aromatic carbocycles. The van der Waals surface area contributed by atoms with Gasteiger partial charge in [0, 0.05) is 32.6 Å². The van der Waals surface area contributed by atoms with Crippen LogP contribution in [-0.4, -0.2) is 57.2 Å². The normalized spacial score (nSPS) is 19.7. The van der Waals surface area contributed by atoms with Gasteiger partial charge in [-0.25, -0.2) is 9.59 Å². The van der Waals surface area contributed by atoms with Gasteiger partial charge in [-0.05, 0) is 28.0 Å². The first-order chi connectivity index (χ1) is 14.5. The summed E-state index contributed by atoms with van der Waals surface area (Å²) in [5.41, 5.74) is 0.359. The Morgan fingerprint density at radius 3 is 2.23 bits per heavy atom. The van der Waals surface area contributed by atoms with Gasteiger partial charge < -0.3 is 10.2 Å². The minimum absolute atomic E-state index is 0.129. The van der Waals surface area contributed by atoms with Crippen LogP contribution in [0.2, 0.25) is 0 Å². The van der Waals surface area contributed by atoms with Crippen molar-refractivity contribution in [1.29, 1.82) is 0 Å². The summed E-state index contributed by atoms with van der Waals surface area (Å²) >= 11 is 0. The van der Waals surface area contributed by atoms with Crippen LogP contribution in [-0.2, 0) is 17.8 Å². The molecule has 1 saturated heterocycles. The van der Waals surface area contributed by atoms with E-state index in [0.717, 1.165) is 26.8 Å². The summed E-state index contributed by atoms with van der Waals surface area (Å²) < 4.78 is 0. The first-order valence-electron chi connectivity index (χ1n) is 9.96. The predicted molar refractivity (Wildman–Crippen MR) is 114 cm³/mol. The van der Waals surface area contributed by atoms with Crippen LogP contribution in [0.15, 0.2) is 72.8 Å². The van der Waals surface area contributed by atoms with Crippen molar-refractivity contribution in [3.05, 3.63) is 83.9 Å². The first-order valence-corrected chi connectivity index (χ1v) is 9.96. The second kappa shape index (κ2) is 8.16. The molecule has 0 bridgehead atoms. The largest absolute Gasteiger partial charge is 0.479 e. The van der Waals surface area contributed by atoms with Gasteiger partial charge in [0.25, 0.3) is 0 Å². The summed E-state index contributed by atoms with van der Waals surface area (Å²) in [4.78, 5) is 27.5. The molecule has 154 valence electrons. The quantitative estimate of drug-likeness (QED) is 0.678. The number of hydrogen-bond donors (Lipinski definition) is 2. The minimum atomic E-state index is -1.53. The molecule has 0 aliphatic carbocycles. The molecule has 1 fully saturated rings. The number of carboxylic acid groups (broad SMARTS) is 2. The lowest BCUT2D eigenvalue weighted by Crippen LogP contribution is -2.68. The van der Waals surface area contributed by atoms with Crippen LogP contribution >= 0.6 is 0 Å². The molecule has 6 heteroatoms. The summed E-state index contributed by atoms with van der Waals surface area (Å²) in [6.45, 7) is 1.35. The predicted octanol–water partition coefficient (Wildman–Crippen LogP) is 3.70. The SMILES string of the molecule is O=C(O)N1CCN(Cc2ccc3ccccc3c2)CC1(Cc1ccccc1)C(=O)O. The molecule has 1 heterocycles. The number of hydrogen-bond acceptors (Lipinski definition) is 3. The zero-order valence-corrected chi connectivity index (χ0v) is 16.6. The molecule has 0 radical (unpaired) electrons. The number of carbonyl (C=O) groups is 2. The van der Waals surface area contributed by atoms with Crippen LogP contribution in [0.1, 0.15) is 11.1 Å². The molecule has 2 N–H and O–H groups in total. The van der Waals surface area contributed by atoms with E-state index in [1.807, 2.05) is 53.4 Å². The third-order valence-corrected chi connectivity index (χ3v) is 5.83. The van der Waals surface area contributed by atoms with Crippen molar-refractivity contribution in [3.63, 3.8) is 0 Å². The number of benzene rings is 3. The molecule has 3 aromatic rings. The van der Waals surface area contributed by atoms with Gasteiger partial charge in [-0.1, -0.05) is 66.7 Å². The Balaban J connectivity index is 1.62. The Bertz CT molecular complexity index is 1070. The van der Waals surface area contributed by atoms with E-state index in [-0.39, 0.29) is 19.5 Å². The molecule has 1 unspecified atom stereocenters. The smallest absolute Gasteiger partial charge is 0.408 e. The lowest BCUT2D eigenvalue weighted by molar-refractivity contribution is -0.155. The van der Waals surface area contributed by atoms with Crippen molar-refractivity contribution in [2.24, 2.45) is 0 Å². The molecule has 30 heavy (non-hydrogen) atoms. The van der Waals surface area contributed by atoms with E-state index in [0.29, 0.717) is 13.1 Å². The number of amides is 1. The highest BCUT2D eigenvalue weighted by Gasteiger charge is 2.50. The highest BCUT2D eigenvalue weighted by Crippen LogP contribution is 2.29. The minimum Gasteiger partial charge on any atom is -0.479 e. The molecule has 0 aromatic heterocycles. The van der Waals surface area contributed by atoms with Gasteiger partial charge in [0.2, 0.25) is 0 Å². The van der Waals surface area contributed by atoms with Crippen LogP contribution in [0.4, 0.5) is 4.79 Å². The Morgan fingerprint density at radius 2 is 1.53 bits per heavy atom. The molecule has 0 spiro atoms. The monoisotopic (exact) mass is 404 g/mol. The average Bonchev–Trinajstić information content (AvgIpc) is 2.74. The van der Waals surface area contributed by atoms with Gasteiger partial charge in [0.1, 0.15) is 0 Å². The Labute approximate surface area is 175 Å². The summed E-state index contributed by atoms with van der Waals surface area (Å²) in [5, 5.41) is 22.2. The average molecular weight is 404 g/mol. The molecular formula is C24H24N2O4. The van der Waals surface area contributed by atoms with E-state index in [4.69, 9.17) is 0 Å². The first kappa shape index (κ1) is 19.9. The summed E-state index contributed by atoms with van der Waals surface area (Å²) in [7, 11) is 0. The molecule has 1 atom stereocenters. The van der Waals surface area contributed by atoms with Gasteiger partial charge in [0.05, 0.1) is 0 Å². The number of aliphatic carboxylic acids is 1.